The predicted molar refractivity (Wildman–Crippen MR) is 110 cm³/mol. The van der Waals surface area contributed by atoms with E-state index in [9.17, 15) is 9.59 Å². The highest BCUT2D eigenvalue weighted by Gasteiger charge is 2.15. The lowest BCUT2D eigenvalue weighted by atomic mass is 10.3. The van der Waals surface area contributed by atoms with Crippen LogP contribution in [-0.2, 0) is 17.0 Å². The highest BCUT2D eigenvalue weighted by atomic mass is 32.2. The molecule has 0 saturated heterocycles. The normalized spacial score (nSPS) is 11.2. The van der Waals surface area contributed by atoms with E-state index >= 15 is 0 Å². The molecule has 0 aliphatic rings. The summed E-state index contributed by atoms with van der Waals surface area (Å²) >= 11 is 2.87. The van der Waals surface area contributed by atoms with Gasteiger partial charge in [-0.05, 0) is 23.6 Å². The van der Waals surface area contributed by atoms with Crippen molar-refractivity contribution >= 4 is 44.9 Å². The molecule has 0 bridgehead atoms. The number of nitrogens with zero attached hydrogens (tertiary/aromatic N) is 4. The second-order valence-electron chi connectivity index (χ2n) is 5.90. The van der Waals surface area contributed by atoms with Crippen LogP contribution in [-0.4, -0.2) is 32.0 Å². The Balaban J connectivity index is 1.68. The van der Waals surface area contributed by atoms with Crippen molar-refractivity contribution in [1.82, 2.24) is 18.9 Å². The Morgan fingerprint density at radius 1 is 1.39 bits per heavy atom. The van der Waals surface area contributed by atoms with E-state index in [1.165, 1.54) is 30.2 Å². The van der Waals surface area contributed by atoms with Crippen LogP contribution in [0.3, 0.4) is 0 Å². The molecule has 4 heterocycles. The van der Waals surface area contributed by atoms with Crippen molar-refractivity contribution in [2.75, 3.05) is 7.11 Å². The molecule has 0 radical (unpaired) electrons. The minimum Gasteiger partial charge on any atom is -0.465 e. The number of allylic oxidation sites excluding steroid dienone is 1. The van der Waals surface area contributed by atoms with Gasteiger partial charge in [0.25, 0.3) is 5.56 Å². The summed E-state index contributed by atoms with van der Waals surface area (Å²) in [5.74, 6) is 0.0722. The largest absolute Gasteiger partial charge is 0.465 e. The molecule has 0 aromatic carbocycles. The molecular weight excluding hydrogens is 396 g/mol. The SMILES string of the molecule is C=CCn1c(SCc2cn3cccc(C(=O)OC)c3n2)nc2sccc2c1=O. The molecule has 0 spiro atoms. The van der Waals surface area contributed by atoms with E-state index in [1.54, 1.807) is 33.2 Å². The first kappa shape index (κ1) is 18.5. The number of hydrogen-bond donors (Lipinski definition) is 0. The molecule has 4 aromatic rings. The van der Waals surface area contributed by atoms with Crippen LogP contribution in [0.2, 0.25) is 0 Å². The lowest BCUT2D eigenvalue weighted by molar-refractivity contribution is 0.0602. The van der Waals surface area contributed by atoms with Gasteiger partial charge in [-0.3, -0.25) is 9.36 Å². The predicted octanol–water partition coefficient (Wildman–Crippen LogP) is 3.37. The minimum atomic E-state index is -0.431. The molecule has 0 unspecified atom stereocenters. The van der Waals surface area contributed by atoms with Crippen LogP contribution >= 0.6 is 23.1 Å². The lowest BCUT2D eigenvalue weighted by Gasteiger charge is -2.09. The zero-order valence-electron chi connectivity index (χ0n) is 15.0. The van der Waals surface area contributed by atoms with Gasteiger partial charge in [-0.25, -0.2) is 14.8 Å². The molecular formula is C19H16N4O3S2. The average molecular weight is 412 g/mol. The lowest BCUT2D eigenvalue weighted by Crippen LogP contribution is -2.22. The van der Waals surface area contributed by atoms with Crippen LogP contribution < -0.4 is 5.56 Å². The molecule has 9 heteroatoms. The Kier molecular flexibility index (Phi) is 5.01. The number of thiophene rings is 1. The number of esters is 1. The highest BCUT2D eigenvalue weighted by Crippen LogP contribution is 2.24. The van der Waals surface area contributed by atoms with E-state index in [0.29, 0.717) is 34.1 Å². The third kappa shape index (κ3) is 3.23. The first-order chi connectivity index (χ1) is 13.6. The Bertz CT molecular complexity index is 1260. The summed E-state index contributed by atoms with van der Waals surface area (Å²) in [5, 5.41) is 3.10. The molecule has 4 rings (SSSR count). The molecule has 4 aromatic heterocycles. The summed E-state index contributed by atoms with van der Waals surface area (Å²) in [5.41, 5.74) is 1.64. The summed E-state index contributed by atoms with van der Waals surface area (Å²) in [7, 11) is 1.34. The number of thioether (sulfide) groups is 1. The van der Waals surface area contributed by atoms with Crippen LogP contribution in [0.25, 0.3) is 15.9 Å². The standard InChI is InChI=1S/C19H16N4O3S2/c1-3-7-23-17(24)14-6-9-27-16(14)21-19(23)28-11-12-10-22-8-4-5-13(15(22)20-12)18(25)26-2/h3-6,8-10H,1,7,11H2,2H3. The van der Waals surface area contributed by atoms with Gasteiger partial charge in [0.15, 0.2) is 10.8 Å². The van der Waals surface area contributed by atoms with E-state index < -0.39 is 5.97 Å². The van der Waals surface area contributed by atoms with Crippen LogP contribution in [0.5, 0.6) is 0 Å². The number of rotatable bonds is 6. The maximum atomic E-state index is 12.7. The van der Waals surface area contributed by atoms with Gasteiger partial charge >= 0.3 is 5.97 Å². The number of methoxy groups -OCH3 is 1. The Labute approximate surface area is 168 Å². The third-order valence-electron chi connectivity index (χ3n) is 4.15. The summed E-state index contributed by atoms with van der Waals surface area (Å²) in [6.07, 6.45) is 5.36. The number of carbonyl (C=O) groups excluding carboxylic acids is 1. The molecule has 0 aliphatic heterocycles. The van der Waals surface area contributed by atoms with Crippen molar-refractivity contribution in [3.8, 4) is 0 Å². The third-order valence-corrected chi connectivity index (χ3v) is 5.96. The van der Waals surface area contributed by atoms with Crippen LogP contribution in [0.1, 0.15) is 16.1 Å². The Morgan fingerprint density at radius 3 is 3.04 bits per heavy atom. The summed E-state index contributed by atoms with van der Waals surface area (Å²) in [4.78, 5) is 34.5. The fraction of sp³-hybridized carbons (Fsp3) is 0.158. The van der Waals surface area contributed by atoms with Crippen molar-refractivity contribution in [2.45, 2.75) is 17.5 Å². The van der Waals surface area contributed by atoms with Gasteiger partial charge in [0.05, 0.1) is 18.2 Å². The highest BCUT2D eigenvalue weighted by molar-refractivity contribution is 7.98. The smallest absolute Gasteiger partial charge is 0.341 e. The summed E-state index contributed by atoms with van der Waals surface area (Å²) in [6, 6.07) is 5.24. The number of carbonyl (C=O) groups is 1. The number of imidazole rings is 1. The zero-order valence-corrected chi connectivity index (χ0v) is 16.6. The van der Waals surface area contributed by atoms with Gasteiger partial charge in [-0.15, -0.1) is 17.9 Å². The van der Waals surface area contributed by atoms with Crippen LogP contribution in [0, 0.1) is 0 Å². The van der Waals surface area contributed by atoms with E-state index in [4.69, 9.17) is 4.74 Å². The molecule has 7 nitrogen and oxygen atoms in total. The summed E-state index contributed by atoms with van der Waals surface area (Å²) in [6.45, 7) is 4.12. The van der Waals surface area contributed by atoms with Crippen LogP contribution in [0.4, 0.5) is 0 Å². The monoisotopic (exact) mass is 412 g/mol. The molecule has 28 heavy (non-hydrogen) atoms. The van der Waals surface area contributed by atoms with Crippen molar-refractivity contribution in [2.24, 2.45) is 0 Å². The van der Waals surface area contributed by atoms with Gasteiger partial charge in [-0.1, -0.05) is 17.8 Å². The van der Waals surface area contributed by atoms with Crippen molar-refractivity contribution < 1.29 is 9.53 Å². The average Bonchev–Trinajstić information content (AvgIpc) is 3.34. The molecule has 0 aliphatic carbocycles. The quantitative estimate of drug-likeness (QED) is 0.209. The molecule has 0 saturated carbocycles. The number of hydrogen-bond acceptors (Lipinski definition) is 7. The van der Waals surface area contributed by atoms with Gasteiger partial charge < -0.3 is 9.14 Å². The second kappa shape index (κ2) is 7.61. The van der Waals surface area contributed by atoms with Gasteiger partial charge in [0.2, 0.25) is 0 Å². The van der Waals surface area contributed by atoms with E-state index in [1.807, 2.05) is 17.8 Å². The number of aromatic nitrogens is 4. The maximum absolute atomic E-state index is 12.7. The van der Waals surface area contributed by atoms with Gasteiger partial charge in [0.1, 0.15) is 10.4 Å². The van der Waals surface area contributed by atoms with E-state index in [-0.39, 0.29) is 5.56 Å². The number of fused-ring (bicyclic) bond motifs is 2. The first-order valence-corrected chi connectivity index (χ1v) is 10.3. The van der Waals surface area contributed by atoms with Gasteiger partial charge in [0, 0.05) is 24.7 Å². The number of ether oxygens (including phenoxy) is 1. The van der Waals surface area contributed by atoms with Crippen molar-refractivity contribution in [3.05, 3.63) is 70.2 Å². The first-order valence-electron chi connectivity index (χ1n) is 8.39. The molecule has 0 fully saturated rings. The molecule has 0 N–H and O–H groups in total. The van der Waals surface area contributed by atoms with Crippen molar-refractivity contribution in [1.29, 1.82) is 0 Å². The van der Waals surface area contributed by atoms with Crippen molar-refractivity contribution in [3.63, 3.8) is 0 Å². The maximum Gasteiger partial charge on any atom is 0.341 e. The topological polar surface area (TPSA) is 78.5 Å². The molecule has 0 amide bonds. The fourth-order valence-corrected chi connectivity index (χ4v) is 4.57. The number of pyridine rings is 1. The van der Waals surface area contributed by atoms with Crippen LogP contribution in [0.15, 0.2) is 58.6 Å². The van der Waals surface area contributed by atoms with E-state index in [0.717, 1.165) is 10.5 Å². The molecule has 0 atom stereocenters. The zero-order chi connectivity index (χ0) is 19.7. The minimum absolute atomic E-state index is 0.0726. The Morgan fingerprint density at radius 2 is 2.25 bits per heavy atom. The Hall–Kier alpha value is -2.91. The molecule has 142 valence electrons. The second-order valence-corrected chi connectivity index (χ2v) is 7.74. The van der Waals surface area contributed by atoms with Gasteiger partial charge in [-0.2, -0.15) is 0 Å². The fourth-order valence-electron chi connectivity index (χ4n) is 2.87. The summed E-state index contributed by atoms with van der Waals surface area (Å²) < 4.78 is 8.22. The van der Waals surface area contributed by atoms with E-state index in [2.05, 4.69) is 16.5 Å².